The second kappa shape index (κ2) is 9.88. The van der Waals surface area contributed by atoms with E-state index in [4.69, 9.17) is 4.74 Å². The molecule has 9 nitrogen and oxygen atoms in total. The number of nitrogens with zero attached hydrogens (tertiary/aromatic N) is 1. The molecule has 10 heteroatoms. The Labute approximate surface area is 182 Å². The van der Waals surface area contributed by atoms with Crippen LogP contribution < -0.4 is 15.4 Å². The highest BCUT2D eigenvalue weighted by Crippen LogP contribution is 2.17. The maximum atomic E-state index is 12.5. The smallest absolute Gasteiger partial charge is 0.407 e. The van der Waals surface area contributed by atoms with Crippen molar-refractivity contribution in [2.24, 2.45) is 0 Å². The summed E-state index contributed by atoms with van der Waals surface area (Å²) in [5.74, 6) is -0.380. The van der Waals surface area contributed by atoms with Crippen LogP contribution in [0, 0.1) is 13.8 Å². The van der Waals surface area contributed by atoms with Crippen molar-refractivity contribution in [1.29, 1.82) is 0 Å². The van der Waals surface area contributed by atoms with E-state index >= 15 is 0 Å². The number of carbonyl (C=O) groups is 2. The Morgan fingerprint density at radius 1 is 1.06 bits per heavy atom. The minimum atomic E-state index is -3.84. The number of pyridine rings is 1. The monoisotopic (exact) mass is 448 g/mol. The SMILES string of the molecule is Cc1ccc(C(=O)Nc2cccc(S(=O)(=O)NCCNC(=O)OC(C)(C)C)c2)c(C)n1. The van der Waals surface area contributed by atoms with Gasteiger partial charge in [0.15, 0.2) is 0 Å². The summed E-state index contributed by atoms with van der Waals surface area (Å²) in [6, 6.07) is 9.31. The number of aromatic nitrogens is 1. The second-order valence-electron chi connectivity index (χ2n) is 7.89. The van der Waals surface area contributed by atoms with Crippen LogP contribution in [-0.2, 0) is 14.8 Å². The van der Waals surface area contributed by atoms with E-state index in [9.17, 15) is 18.0 Å². The standard InChI is InChI=1S/C21H28N4O5S/c1-14-9-10-18(15(2)24-14)19(26)25-16-7-6-8-17(13-16)31(28,29)23-12-11-22-20(27)30-21(3,4)5/h6-10,13,23H,11-12H2,1-5H3,(H,22,27)(H,25,26). The molecule has 0 atom stereocenters. The van der Waals surface area contributed by atoms with Gasteiger partial charge in [0, 0.05) is 24.5 Å². The highest BCUT2D eigenvalue weighted by molar-refractivity contribution is 7.89. The molecule has 0 saturated heterocycles. The Morgan fingerprint density at radius 2 is 1.77 bits per heavy atom. The van der Waals surface area contributed by atoms with Crippen LogP contribution in [0.15, 0.2) is 41.3 Å². The molecule has 168 valence electrons. The molecule has 0 aliphatic carbocycles. The molecule has 0 aliphatic heterocycles. The third-order valence-corrected chi connectivity index (χ3v) is 5.42. The average Bonchev–Trinajstić information content (AvgIpc) is 2.64. The molecule has 0 aliphatic rings. The first kappa shape index (κ1) is 24.3. The maximum Gasteiger partial charge on any atom is 0.407 e. The van der Waals surface area contributed by atoms with Crippen molar-refractivity contribution in [1.82, 2.24) is 15.0 Å². The van der Waals surface area contributed by atoms with Crippen LogP contribution in [0.4, 0.5) is 10.5 Å². The molecule has 0 unspecified atom stereocenters. The minimum absolute atomic E-state index is 0.0127. The summed E-state index contributed by atoms with van der Waals surface area (Å²) in [4.78, 5) is 28.4. The number of anilines is 1. The molecule has 2 amide bonds. The zero-order chi connectivity index (χ0) is 23.2. The van der Waals surface area contributed by atoms with Crippen molar-refractivity contribution < 1.29 is 22.7 Å². The second-order valence-corrected chi connectivity index (χ2v) is 9.66. The fourth-order valence-corrected chi connectivity index (χ4v) is 3.69. The van der Waals surface area contributed by atoms with Gasteiger partial charge in [-0.15, -0.1) is 0 Å². The number of ether oxygens (including phenoxy) is 1. The van der Waals surface area contributed by atoms with E-state index in [1.807, 2.05) is 6.92 Å². The lowest BCUT2D eigenvalue weighted by Crippen LogP contribution is -2.37. The van der Waals surface area contributed by atoms with Crippen molar-refractivity contribution in [3.63, 3.8) is 0 Å². The Balaban J connectivity index is 1.98. The van der Waals surface area contributed by atoms with Crippen LogP contribution >= 0.6 is 0 Å². The summed E-state index contributed by atoms with van der Waals surface area (Å²) in [5.41, 5.74) is 1.49. The number of amides is 2. The van der Waals surface area contributed by atoms with Crippen LogP contribution in [0.25, 0.3) is 0 Å². The van der Waals surface area contributed by atoms with Crippen molar-refractivity contribution in [2.75, 3.05) is 18.4 Å². The molecule has 31 heavy (non-hydrogen) atoms. The molecular weight excluding hydrogens is 420 g/mol. The van der Waals surface area contributed by atoms with E-state index < -0.39 is 21.7 Å². The van der Waals surface area contributed by atoms with Gasteiger partial charge in [-0.1, -0.05) is 6.07 Å². The van der Waals surface area contributed by atoms with Gasteiger partial charge in [0.2, 0.25) is 10.0 Å². The lowest BCUT2D eigenvalue weighted by Gasteiger charge is -2.19. The zero-order valence-electron chi connectivity index (χ0n) is 18.3. The number of hydrogen-bond donors (Lipinski definition) is 3. The Hall–Kier alpha value is -2.98. The molecule has 0 bridgehead atoms. The molecule has 1 aromatic carbocycles. The van der Waals surface area contributed by atoms with Crippen molar-refractivity contribution in [2.45, 2.75) is 45.1 Å². The molecule has 2 rings (SSSR count). The zero-order valence-corrected chi connectivity index (χ0v) is 19.1. The highest BCUT2D eigenvalue weighted by atomic mass is 32.2. The summed E-state index contributed by atoms with van der Waals surface area (Å²) < 4.78 is 32.5. The van der Waals surface area contributed by atoms with Crippen molar-refractivity contribution in [3.8, 4) is 0 Å². The van der Waals surface area contributed by atoms with E-state index in [0.717, 1.165) is 5.69 Å². The first-order valence-corrected chi connectivity index (χ1v) is 11.2. The van der Waals surface area contributed by atoms with E-state index in [2.05, 4.69) is 20.3 Å². The molecular formula is C21H28N4O5S. The average molecular weight is 449 g/mol. The molecule has 0 radical (unpaired) electrons. The predicted octanol–water partition coefficient (Wildman–Crippen LogP) is 2.75. The Kier molecular flexibility index (Phi) is 7.75. The van der Waals surface area contributed by atoms with Gasteiger partial charge < -0.3 is 15.4 Å². The number of rotatable bonds is 7. The lowest BCUT2D eigenvalue weighted by atomic mass is 10.1. The van der Waals surface area contributed by atoms with Crippen molar-refractivity contribution in [3.05, 3.63) is 53.3 Å². The molecule has 1 aromatic heterocycles. The Bertz CT molecular complexity index is 1060. The van der Waals surface area contributed by atoms with Gasteiger partial charge >= 0.3 is 6.09 Å². The van der Waals surface area contributed by atoms with Crippen LogP contribution in [0.2, 0.25) is 0 Å². The lowest BCUT2D eigenvalue weighted by molar-refractivity contribution is 0.0528. The van der Waals surface area contributed by atoms with Crippen molar-refractivity contribution >= 4 is 27.7 Å². The van der Waals surface area contributed by atoms with Crippen LogP contribution in [0.3, 0.4) is 0 Å². The normalized spacial score (nSPS) is 11.6. The van der Waals surface area contributed by atoms with Gasteiger partial charge in [-0.2, -0.15) is 0 Å². The van der Waals surface area contributed by atoms with Gasteiger partial charge in [0.05, 0.1) is 16.2 Å². The topological polar surface area (TPSA) is 126 Å². The van der Waals surface area contributed by atoms with E-state index in [1.54, 1.807) is 45.9 Å². The summed E-state index contributed by atoms with van der Waals surface area (Å²) in [6.07, 6.45) is -0.628. The van der Waals surface area contributed by atoms with Crippen LogP contribution in [0.5, 0.6) is 0 Å². The van der Waals surface area contributed by atoms with Gasteiger partial charge in [-0.3, -0.25) is 9.78 Å². The molecule has 2 aromatic rings. The molecule has 0 spiro atoms. The van der Waals surface area contributed by atoms with E-state index in [-0.39, 0.29) is 23.9 Å². The van der Waals surface area contributed by atoms with Gasteiger partial charge in [-0.05, 0) is 65.0 Å². The number of sulfonamides is 1. The van der Waals surface area contributed by atoms with Crippen LogP contribution in [0.1, 0.15) is 42.5 Å². The first-order chi connectivity index (χ1) is 14.4. The fourth-order valence-electron chi connectivity index (χ4n) is 2.61. The third-order valence-electron chi connectivity index (χ3n) is 3.96. The summed E-state index contributed by atoms with van der Waals surface area (Å²) in [7, 11) is -3.84. The summed E-state index contributed by atoms with van der Waals surface area (Å²) in [6.45, 7) is 8.81. The van der Waals surface area contributed by atoms with Crippen LogP contribution in [-0.4, -0.2) is 44.1 Å². The maximum absolute atomic E-state index is 12.5. The largest absolute Gasteiger partial charge is 0.444 e. The van der Waals surface area contributed by atoms with E-state index in [0.29, 0.717) is 16.9 Å². The van der Waals surface area contributed by atoms with Gasteiger partial charge in [-0.25, -0.2) is 17.9 Å². The van der Waals surface area contributed by atoms with Gasteiger partial charge in [0.25, 0.3) is 5.91 Å². The number of hydrogen-bond acceptors (Lipinski definition) is 6. The third kappa shape index (κ3) is 7.65. The predicted molar refractivity (Wildman–Crippen MR) is 118 cm³/mol. The van der Waals surface area contributed by atoms with E-state index in [1.165, 1.54) is 18.2 Å². The Morgan fingerprint density at radius 3 is 2.42 bits per heavy atom. The number of nitrogens with one attached hydrogen (secondary N) is 3. The number of carbonyl (C=O) groups excluding carboxylic acids is 2. The fraction of sp³-hybridized carbons (Fsp3) is 0.381. The molecule has 0 saturated carbocycles. The first-order valence-electron chi connectivity index (χ1n) is 9.69. The number of benzene rings is 1. The number of aryl methyl sites for hydroxylation is 2. The quantitative estimate of drug-likeness (QED) is 0.559. The minimum Gasteiger partial charge on any atom is -0.444 e. The summed E-state index contributed by atoms with van der Waals surface area (Å²) >= 11 is 0. The van der Waals surface area contributed by atoms with Gasteiger partial charge in [0.1, 0.15) is 5.60 Å². The highest BCUT2D eigenvalue weighted by Gasteiger charge is 2.18. The summed E-state index contributed by atoms with van der Waals surface area (Å²) in [5, 5.41) is 5.17. The molecule has 3 N–H and O–H groups in total. The number of alkyl carbamates (subject to hydrolysis) is 1. The molecule has 1 heterocycles. The molecule has 0 fully saturated rings.